The van der Waals surface area contributed by atoms with Crippen LogP contribution in [0.2, 0.25) is 0 Å². The van der Waals surface area contributed by atoms with Crippen LogP contribution in [-0.4, -0.2) is 52.3 Å². The Morgan fingerprint density at radius 2 is 2.04 bits per heavy atom. The van der Waals surface area contributed by atoms with Gasteiger partial charge in [-0.25, -0.2) is 4.98 Å². The highest BCUT2D eigenvalue weighted by Crippen LogP contribution is 2.37. The second-order valence-electron chi connectivity index (χ2n) is 7.94. The molecular weight excluding hydrogens is 330 g/mol. The molecule has 0 unspecified atom stereocenters. The molecule has 2 saturated heterocycles. The van der Waals surface area contributed by atoms with Crippen molar-refractivity contribution in [3.63, 3.8) is 0 Å². The van der Waals surface area contributed by atoms with E-state index >= 15 is 0 Å². The van der Waals surface area contributed by atoms with Gasteiger partial charge in [0.05, 0.1) is 36.1 Å². The summed E-state index contributed by atoms with van der Waals surface area (Å²) in [7, 11) is 0. The Hall–Kier alpha value is -1.47. The van der Waals surface area contributed by atoms with Crippen molar-refractivity contribution in [2.45, 2.75) is 62.7 Å². The molecule has 5 atom stereocenters. The number of nitrogens with one attached hydrogen (secondary N) is 1. The molecule has 1 aromatic carbocycles. The average molecular weight is 357 g/mol. The molecule has 1 aromatic heterocycles. The van der Waals surface area contributed by atoms with Crippen LogP contribution in [0.1, 0.15) is 38.1 Å². The van der Waals surface area contributed by atoms with Crippen LogP contribution >= 0.6 is 0 Å². The molecule has 2 N–H and O–H groups in total. The van der Waals surface area contributed by atoms with Gasteiger partial charge in [0.15, 0.2) is 6.29 Å². The number of aliphatic hydroxyl groups is 1. The Morgan fingerprint density at radius 1 is 1.19 bits per heavy atom. The Morgan fingerprint density at radius 3 is 2.92 bits per heavy atom. The summed E-state index contributed by atoms with van der Waals surface area (Å²) in [4.78, 5) is 4.48. The number of hydrogen-bond donors (Lipinski definition) is 2. The number of benzene rings is 1. The van der Waals surface area contributed by atoms with Gasteiger partial charge in [0.1, 0.15) is 12.1 Å². The van der Waals surface area contributed by atoms with E-state index in [-0.39, 0.29) is 18.2 Å². The minimum absolute atomic E-state index is 0.0790. The van der Waals surface area contributed by atoms with Gasteiger partial charge in [-0.1, -0.05) is 31.4 Å². The van der Waals surface area contributed by atoms with Gasteiger partial charge in [-0.05, 0) is 37.4 Å². The molecule has 6 heteroatoms. The first-order valence-corrected chi connectivity index (χ1v) is 9.91. The smallest absolute Gasteiger partial charge is 0.181 e. The third-order valence-corrected chi connectivity index (χ3v) is 6.30. The highest BCUT2D eigenvalue weighted by molar-refractivity contribution is 5.75. The van der Waals surface area contributed by atoms with E-state index in [0.29, 0.717) is 12.5 Å². The van der Waals surface area contributed by atoms with E-state index in [1.54, 1.807) is 6.33 Å². The first-order valence-electron chi connectivity index (χ1n) is 9.91. The van der Waals surface area contributed by atoms with Gasteiger partial charge >= 0.3 is 0 Å². The van der Waals surface area contributed by atoms with Crippen molar-refractivity contribution in [3.8, 4) is 0 Å². The monoisotopic (exact) mass is 357 g/mol. The highest BCUT2D eigenvalue weighted by atomic mass is 16.7. The molecule has 2 aliphatic heterocycles. The SMILES string of the molecule is O[C@H]1[C@H](NCC2CCCCC2)[C@H]2CO[C@H](O2)[C@@H]1n1cnc2ccccc21. The zero-order chi connectivity index (χ0) is 17.5. The van der Waals surface area contributed by atoms with Crippen LogP contribution in [0.5, 0.6) is 0 Å². The van der Waals surface area contributed by atoms with E-state index in [1.165, 1.54) is 32.1 Å². The topological polar surface area (TPSA) is 68.5 Å². The van der Waals surface area contributed by atoms with Crippen molar-refractivity contribution in [3.05, 3.63) is 30.6 Å². The van der Waals surface area contributed by atoms with E-state index < -0.39 is 12.4 Å². The lowest BCUT2D eigenvalue weighted by Crippen LogP contribution is -2.58. The molecule has 1 saturated carbocycles. The maximum absolute atomic E-state index is 11.2. The predicted octanol–water partition coefficient (Wildman–Crippen LogP) is 2.23. The third kappa shape index (κ3) is 2.85. The zero-order valence-electron chi connectivity index (χ0n) is 15.0. The first-order chi connectivity index (χ1) is 12.8. The molecule has 0 spiro atoms. The van der Waals surface area contributed by atoms with Crippen molar-refractivity contribution >= 4 is 11.0 Å². The minimum atomic E-state index is -0.567. The fourth-order valence-corrected chi connectivity index (χ4v) is 4.86. The van der Waals surface area contributed by atoms with Crippen molar-refractivity contribution in [2.75, 3.05) is 13.2 Å². The van der Waals surface area contributed by atoms with Gasteiger partial charge < -0.3 is 24.5 Å². The summed E-state index contributed by atoms with van der Waals surface area (Å²) in [6, 6.07) is 7.59. The Bertz CT molecular complexity index is 758. The molecule has 3 fully saturated rings. The number of imidazole rings is 1. The summed E-state index contributed by atoms with van der Waals surface area (Å²) in [5.74, 6) is 0.712. The number of ether oxygens (including phenoxy) is 2. The van der Waals surface area contributed by atoms with Gasteiger partial charge in [0.25, 0.3) is 0 Å². The van der Waals surface area contributed by atoms with Crippen LogP contribution in [0.3, 0.4) is 0 Å². The summed E-state index contributed by atoms with van der Waals surface area (Å²) in [5, 5.41) is 14.8. The van der Waals surface area contributed by atoms with Gasteiger partial charge in [-0.2, -0.15) is 0 Å². The van der Waals surface area contributed by atoms with E-state index in [1.807, 2.05) is 28.8 Å². The lowest BCUT2D eigenvalue weighted by atomic mass is 9.88. The summed E-state index contributed by atoms with van der Waals surface area (Å²) in [6.07, 6.45) is 7.32. The lowest BCUT2D eigenvalue weighted by molar-refractivity contribution is -0.164. The van der Waals surface area contributed by atoms with E-state index in [0.717, 1.165) is 17.6 Å². The molecule has 2 aromatic rings. The molecule has 6 nitrogen and oxygen atoms in total. The van der Waals surface area contributed by atoms with Crippen LogP contribution in [0.4, 0.5) is 0 Å². The molecule has 3 heterocycles. The molecule has 0 amide bonds. The molecule has 2 bridgehead atoms. The largest absolute Gasteiger partial charge is 0.389 e. The van der Waals surface area contributed by atoms with E-state index in [9.17, 15) is 5.11 Å². The molecule has 1 aliphatic carbocycles. The van der Waals surface area contributed by atoms with Crippen molar-refractivity contribution in [2.24, 2.45) is 5.92 Å². The molecule has 140 valence electrons. The van der Waals surface area contributed by atoms with E-state index in [2.05, 4.69) is 10.3 Å². The summed E-state index contributed by atoms with van der Waals surface area (Å²) in [6.45, 7) is 1.48. The normalized spacial score (nSPS) is 35.2. The average Bonchev–Trinajstić information content (AvgIpc) is 3.29. The predicted molar refractivity (Wildman–Crippen MR) is 97.8 cm³/mol. The highest BCUT2D eigenvalue weighted by Gasteiger charge is 2.51. The van der Waals surface area contributed by atoms with E-state index in [4.69, 9.17) is 9.47 Å². The van der Waals surface area contributed by atoms with Gasteiger partial charge in [-0.3, -0.25) is 0 Å². The van der Waals surface area contributed by atoms with Crippen molar-refractivity contribution in [1.29, 1.82) is 0 Å². The van der Waals surface area contributed by atoms with Crippen LogP contribution in [0, 0.1) is 5.92 Å². The van der Waals surface area contributed by atoms with Crippen molar-refractivity contribution in [1.82, 2.24) is 14.9 Å². The fourth-order valence-electron chi connectivity index (χ4n) is 4.86. The Balaban J connectivity index is 1.38. The van der Waals surface area contributed by atoms with Crippen LogP contribution in [0.25, 0.3) is 11.0 Å². The zero-order valence-corrected chi connectivity index (χ0v) is 15.0. The fraction of sp³-hybridized carbons (Fsp3) is 0.650. The lowest BCUT2D eigenvalue weighted by Gasteiger charge is -2.40. The number of fused-ring (bicyclic) bond motifs is 3. The Kier molecular flexibility index (Phi) is 4.44. The maximum atomic E-state index is 11.2. The number of para-hydroxylation sites is 2. The van der Waals surface area contributed by atoms with Gasteiger partial charge in [0, 0.05) is 0 Å². The molecule has 26 heavy (non-hydrogen) atoms. The van der Waals surface area contributed by atoms with Crippen LogP contribution in [-0.2, 0) is 9.47 Å². The number of rotatable bonds is 4. The standard InChI is InChI=1S/C20H27N3O3/c24-19-17(21-10-13-6-2-1-3-7-13)16-11-25-20(26-16)18(19)23-12-22-14-8-4-5-9-15(14)23/h4-5,8-9,12-13,16-21,24H,1-3,6-7,10-11H2/t16-,17-,18-,19+,20-/m1/s1. The van der Waals surface area contributed by atoms with Crippen molar-refractivity contribution < 1.29 is 14.6 Å². The number of aromatic nitrogens is 2. The minimum Gasteiger partial charge on any atom is -0.389 e. The third-order valence-electron chi connectivity index (χ3n) is 6.30. The van der Waals surface area contributed by atoms with Crippen LogP contribution < -0.4 is 5.32 Å². The summed E-state index contributed by atoms with van der Waals surface area (Å²) < 4.78 is 14.0. The summed E-state index contributed by atoms with van der Waals surface area (Å²) >= 11 is 0. The number of hydrogen-bond acceptors (Lipinski definition) is 5. The molecule has 0 radical (unpaired) electrons. The second-order valence-corrected chi connectivity index (χ2v) is 7.94. The molecule has 3 aliphatic rings. The number of nitrogens with zero attached hydrogens (tertiary/aromatic N) is 2. The molecule has 5 rings (SSSR count). The molecular formula is C20H27N3O3. The van der Waals surface area contributed by atoms with Gasteiger partial charge in [0.2, 0.25) is 0 Å². The van der Waals surface area contributed by atoms with Gasteiger partial charge in [-0.15, -0.1) is 0 Å². The number of aliphatic hydroxyl groups excluding tert-OH is 1. The summed E-state index contributed by atoms with van der Waals surface area (Å²) in [5.41, 5.74) is 1.92. The quantitative estimate of drug-likeness (QED) is 0.878. The first kappa shape index (κ1) is 16.7. The second kappa shape index (κ2) is 6.93. The maximum Gasteiger partial charge on any atom is 0.181 e. The Labute approximate surface area is 153 Å². The van der Waals surface area contributed by atoms with Crippen LogP contribution in [0.15, 0.2) is 30.6 Å².